The van der Waals surface area contributed by atoms with Crippen LogP contribution in [0.4, 0.5) is 10.1 Å². The first-order chi connectivity index (χ1) is 9.97. The molecule has 0 aromatic heterocycles. The zero-order valence-corrected chi connectivity index (χ0v) is 12.1. The minimum atomic E-state index is -0.435. The third-order valence-electron chi connectivity index (χ3n) is 3.19. The van der Waals surface area contributed by atoms with Crippen LogP contribution in [0.2, 0.25) is 5.02 Å². The lowest BCUT2D eigenvalue weighted by molar-refractivity contribution is -0.384. The van der Waals surface area contributed by atoms with Gasteiger partial charge in [-0.05, 0) is 24.6 Å². The molecule has 6 heteroatoms. The van der Waals surface area contributed by atoms with Gasteiger partial charge in [0.05, 0.1) is 4.92 Å². The van der Waals surface area contributed by atoms with Gasteiger partial charge in [0.25, 0.3) is 5.69 Å². The minimum absolute atomic E-state index is 0.0406. The summed E-state index contributed by atoms with van der Waals surface area (Å²) in [4.78, 5) is 10.3. The SMILES string of the molecule is CC(NCc1ccc(Cl)cc1F)c1cccc([N+](=O)[O-])c1. The van der Waals surface area contributed by atoms with Crippen LogP contribution in [0.5, 0.6) is 0 Å². The van der Waals surface area contributed by atoms with Crippen LogP contribution >= 0.6 is 11.6 Å². The number of halogens is 2. The van der Waals surface area contributed by atoms with Crippen LogP contribution in [0.25, 0.3) is 0 Å². The number of benzene rings is 2. The van der Waals surface area contributed by atoms with Gasteiger partial charge in [0.1, 0.15) is 5.82 Å². The maximum atomic E-state index is 13.7. The first-order valence-electron chi connectivity index (χ1n) is 6.39. The van der Waals surface area contributed by atoms with Crippen molar-refractivity contribution in [3.8, 4) is 0 Å². The molecule has 0 aliphatic rings. The topological polar surface area (TPSA) is 55.2 Å². The monoisotopic (exact) mass is 308 g/mol. The molecule has 0 aliphatic carbocycles. The van der Waals surface area contributed by atoms with E-state index in [0.29, 0.717) is 17.1 Å². The first kappa shape index (κ1) is 15.4. The van der Waals surface area contributed by atoms with Crippen LogP contribution in [0.3, 0.4) is 0 Å². The zero-order valence-electron chi connectivity index (χ0n) is 11.3. The van der Waals surface area contributed by atoms with E-state index in [2.05, 4.69) is 5.32 Å². The van der Waals surface area contributed by atoms with Crippen LogP contribution in [0.1, 0.15) is 24.1 Å². The Labute approximate surface area is 126 Å². The number of nitro groups is 1. The largest absolute Gasteiger partial charge is 0.306 e. The fourth-order valence-corrected chi connectivity index (χ4v) is 2.11. The smallest absolute Gasteiger partial charge is 0.269 e. The van der Waals surface area contributed by atoms with Gasteiger partial charge in [0.15, 0.2) is 0 Å². The van der Waals surface area contributed by atoms with Gasteiger partial charge in [-0.15, -0.1) is 0 Å². The number of nitro benzene ring substituents is 1. The number of hydrogen-bond acceptors (Lipinski definition) is 3. The summed E-state index contributed by atoms with van der Waals surface area (Å²) in [6.45, 7) is 2.18. The van der Waals surface area contributed by atoms with Gasteiger partial charge in [-0.1, -0.05) is 29.8 Å². The molecule has 0 radical (unpaired) electrons. The van der Waals surface area contributed by atoms with Crippen LogP contribution in [0.15, 0.2) is 42.5 Å². The van der Waals surface area contributed by atoms with E-state index in [9.17, 15) is 14.5 Å². The highest BCUT2D eigenvalue weighted by Gasteiger charge is 2.11. The number of non-ortho nitro benzene ring substituents is 1. The Hall–Kier alpha value is -1.98. The molecule has 0 bridgehead atoms. The van der Waals surface area contributed by atoms with Crippen molar-refractivity contribution in [3.63, 3.8) is 0 Å². The van der Waals surface area contributed by atoms with Gasteiger partial charge in [-0.25, -0.2) is 4.39 Å². The normalized spacial score (nSPS) is 12.1. The van der Waals surface area contributed by atoms with Crippen molar-refractivity contribution in [2.75, 3.05) is 0 Å². The molecule has 0 saturated carbocycles. The zero-order chi connectivity index (χ0) is 15.4. The Bertz CT molecular complexity index is 664. The number of hydrogen-bond donors (Lipinski definition) is 1. The summed E-state index contributed by atoms with van der Waals surface area (Å²) >= 11 is 5.70. The Morgan fingerprint density at radius 1 is 1.33 bits per heavy atom. The van der Waals surface area contributed by atoms with E-state index in [-0.39, 0.29) is 17.5 Å². The summed E-state index contributed by atoms with van der Waals surface area (Å²) in [5, 5.41) is 14.2. The molecular formula is C15H14ClFN2O2. The Morgan fingerprint density at radius 2 is 2.10 bits per heavy atom. The van der Waals surface area contributed by atoms with Crippen molar-refractivity contribution in [3.05, 3.63) is 74.5 Å². The van der Waals surface area contributed by atoms with Crippen molar-refractivity contribution in [1.82, 2.24) is 5.32 Å². The average Bonchev–Trinajstić information content (AvgIpc) is 2.46. The summed E-state index contributed by atoms with van der Waals surface area (Å²) in [6, 6.07) is 10.7. The van der Waals surface area contributed by atoms with Gasteiger partial charge in [0, 0.05) is 35.3 Å². The molecule has 4 nitrogen and oxygen atoms in total. The highest BCUT2D eigenvalue weighted by atomic mass is 35.5. The van der Waals surface area contributed by atoms with E-state index in [4.69, 9.17) is 11.6 Å². The van der Waals surface area contributed by atoms with E-state index in [1.165, 1.54) is 18.2 Å². The Kier molecular flexibility index (Phi) is 4.88. The van der Waals surface area contributed by atoms with Crippen molar-refractivity contribution < 1.29 is 9.31 Å². The molecule has 0 heterocycles. The third kappa shape index (κ3) is 4.00. The first-order valence-corrected chi connectivity index (χ1v) is 6.77. The maximum absolute atomic E-state index is 13.7. The molecule has 21 heavy (non-hydrogen) atoms. The molecule has 2 aromatic rings. The molecule has 1 unspecified atom stereocenters. The van der Waals surface area contributed by atoms with Crippen molar-refractivity contribution in [2.24, 2.45) is 0 Å². The van der Waals surface area contributed by atoms with E-state index in [1.54, 1.807) is 24.3 Å². The fraction of sp³-hybridized carbons (Fsp3) is 0.200. The van der Waals surface area contributed by atoms with Crippen LogP contribution in [0, 0.1) is 15.9 Å². The second-order valence-corrected chi connectivity index (χ2v) is 5.13. The van der Waals surface area contributed by atoms with E-state index in [0.717, 1.165) is 5.56 Å². The molecule has 110 valence electrons. The average molecular weight is 309 g/mol. The third-order valence-corrected chi connectivity index (χ3v) is 3.43. The lowest BCUT2D eigenvalue weighted by Crippen LogP contribution is -2.18. The Morgan fingerprint density at radius 3 is 2.76 bits per heavy atom. The molecule has 1 atom stereocenters. The van der Waals surface area contributed by atoms with Gasteiger partial charge >= 0.3 is 0 Å². The summed E-state index contributed by atoms with van der Waals surface area (Å²) in [5.41, 5.74) is 1.31. The quantitative estimate of drug-likeness (QED) is 0.664. The standard InChI is InChI=1S/C15H14ClFN2O2/c1-10(11-3-2-4-14(7-11)19(20)21)18-9-12-5-6-13(16)8-15(12)17/h2-8,10,18H,9H2,1H3. The van der Waals surface area contributed by atoms with Crippen LogP contribution in [-0.4, -0.2) is 4.92 Å². The molecule has 0 fully saturated rings. The van der Waals surface area contributed by atoms with Gasteiger partial charge in [0.2, 0.25) is 0 Å². The number of rotatable bonds is 5. The Balaban J connectivity index is 2.06. The van der Waals surface area contributed by atoms with E-state index in [1.807, 2.05) is 6.92 Å². The summed E-state index contributed by atoms with van der Waals surface area (Å²) in [7, 11) is 0. The van der Waals surface area contributed by atoms with Crippen molar-refractivity contribution in [2.45, 2.75) is 19.5 Å². The number of nitrogens with one attached hydrogen (secondary N) is 1. The lowest BCUT2D eigenvalue weighted by Gasteiger charge is -2.14. The van der Waals surface area contributed by atoms with Crippen LogP contribution in [-0.2, 0) is 6.54 Å². The molecule has 0 spiro atoms. The van der Waals surface area contributed by atoms with Gasteiger partial charge < -0.3 is 5.32 Å². The summed E-state index contributed by atoms with van der Waals surface area (Å²) in [6.07, 6.45) is 0. The summed E-state index contributed by atoms with van der Waals surface area (Å²) in [5.74, 6) is -0.374. The minimum Gasteiger partial charge on any atom is -0.306 e. The number of nitrogens with zero attached hydrogens (tertiary/aromatic N) is 1. The fourth-order valence-electron chi connectivity index (χ4n) is 1.95. The van der Waals surface area contributed by atoms with E-state index < -0.39 is 4.92 Å². The molecule has 0 amide bonds. The molecule has 0 saturated heterocycles. The predicted molar refractivity (Wildman–Crippen MR) is 79.8 cm³/mol. The molecule has 2 aromatic carbocycles. The molecular weight excluding hydrogens is 295 g/mol. The summed E-state index contributed by atoms with van der Waals surface area (Å²) < 4.78 is 13.7. The molecule has 2 rings (SSSR count). The second kappa shape index (κ2) is 6.65. The molecule has 0 aliphatic heterocycles. The molecule has 1 N–H and O–H groups in total. The highest BCUT2D eigenvalue weighted by molar-refractivity contribution is 6.30. The van der Waals surface area contributed by atoms with Gasteiger partial charge in [-0.2, -0.15) is 0 Å². The maximum Gasteiger partial charge on any atom is 0.269 e. The highest BCUT2D eigenvalue weighted by Crippen LogP contribution is 2.20. The van der Waals surface area contributed by atoms with Crippen molar-refractivity contribution >= 4 is 17.3 Å². The van der Waals surface area contributed by atoms with Gasteiger partial charge in [-0.3, -0.25) is 10.1 Å². The lowest BCUT2D eigenvalue weighted by atomic mass is 10.1. The van der Waals surface area contributed by atoms with E-state index >= 15 is 0 Å². The van der Waals surface area contributed by atoms with Crippen molar-refractivity contribution in [1.29, 1.82) is 0 Å². The van der Waals surface area contributed by atoms with Crippen LogP contribution < -0.4 is 5.32 Å². The predicted octanol–water partition coefficient (Wildman–Crippen LogP) is 4.24. The second-order valence-electron chi connectivity index (χ2n) is 4.69.